The van der Waals surface area contributed by atoms with Crippen LogP contribution in [-0.2, 0) is 14.8 Å². The van der Waals surface area contributed by atoms with Crippen LogP contribution in [0.25, 0.3) is 0 Å². The minimum absolute atomic E-state index is 0.0277. The Morgan fingerprint density at radius 2 is 1.93 bits per heavy atom. The van der Waals surface area contributed by atoms with Crippen molar-refractivity contribution in [3.05, 3.63) is 0 Å². The van der Waals surface area contributed by atoms with E-state index in [1.807, 2.05) is 13.8 Å². The van der Waals surface area contributed by atoms with E-state index in [1.54, 1.807) is 0 Å². The van der Waals surface area contributed by atoms with Gasteiger partial charge in [-0.1, -0.05) is 0 Å². The minimum Gasteiger partial charge on any atom is -0.394 e. The van der Waals surface area contributed by atoms with E-state index >= 15 is 0 Å². The lowest BCUT2D eigenvalue weighted by molar-refractivity contribution is -0.0285. The van der Waals surface area contributed by atoms with Crippen LogP contribution in [0.2, 0.25) is 0 Å². The van der Waals surface area contributed by atoms with E-state index in [9.17, 15) is 8.42 Å². The molecule has 0 saturated heterocycles. The number of likely N-dealkylation sites (N-methyl/N-ethyl adjacent to an activating group) is 1. The van der Waals surface area contributed by atoms with Crippen molar-refractivity contribution in [3.63, 3.8) is 0 Å². The van der Waals surface area contributed by atoms with Crippen LogP contribution in [0.5, 0.6) is 0 Å². The van der Waals surface area contributed by atoms with Gasteiger partial charge in [-0.3, -0.25) is 0 Å². The van der Waals surface area contributed by atoms with E-state index in [-0.39, 0.29) is 19.3 Å². The molecular weight excluding hydrogens is 206 g/mol. The van der Waals surface area contributed by atoms with Crippen molar-refractivity contribution < 1.29 is 18.3 Å². The summed E-state index contributed by atoms with van der Waals surface area (Å²) in [7, 11) is -1.74. The van der Waals surface area contributed by atoms with E-state index in [2.05, 4.69) is 0 Å². The fraction of sp³-hybridized carbons (Fsp3) is 1.00. The van der Waals surface area contributed by atoms with E-state index in [0.29, 0.717) is 0 Å². The van der Waals surface area contributed by atoms with Gasteiger partial charge in [-0.2, -0.15) is 0 Å². The number of hydrogen-bond acceptors (Lipinski definition) is 4. The third kappa shape index (κ3) is 5.54. The first-order chi connectivity index (χ1) is 6.27. The molecule has 5 nitrogen and oxygen atoms in total. The summed E-state index contributed by atoms with van der Waals surface area (Å²) in [6.07, 6.45) is 0.631. The lowest BCUT2D eigenvalue weighted by Crippen LogP contribution is -2.37. The molecule has 1 unspecified atom stereocenters. The summed E-state index contributed by atoms with van der Waals surface area (Å²) in [6, 6.07) is 0. The van der Waals surface area contributed by atoms with Gasteiger partial charge >= 0.3 is 0 Å². The molecule has 0 aliphatic heterocycles. The molecule has 0 aromatic carbocycles. The first kappa shape index (κ1) is 13.8. The van der Waals surface area contributed by atoms with Gasteiger partial charge in [0, 0.05) is 13.6 Å². The maximum absolute atomic E-state index is 11.1. The molecule has 0 amide bonds. The summed E-state index contributed by atoms with van der Waals surface area (Å²) < 4.78 is 28.6. The second-order valence-corrected chi connectivity index (χ2v) is 5.62. The quantitative estimate of drug-likeness (QED) is 0.672. The Kier molecular flexibility index (Phi) is 5.58. The molecule has 0 fully saturated rings. The van der Waals surface area contributed by atoms with E-state index < -0.39 is 16.1 Å². The second kappa shape index (κ2) is 5.65. The molecule has 0 rings (SSSR count). The Bertz CT molecular complexity index is 250. The highest BCUT2D eigenvalue weighted by Crippen LogP contribution is 2.02. The monoisotopic (exact) mass is 225 g/mol. The minimum atomic E-state index is -3.20. The van der Waals surface area contributed by atoms with E-state index in [1.165, 1.54) is 7.05 Å². The third-order valence-corrected chi connectivity index (χ3v) is 2.98. The molecule has 0 bridgehead atoms. The molecule has 0 heterocycles. The standard InChI is InChI=1S/C8H19NO4S/c1-7(2)13-8(6-10)5-9(3)14(4,11)12/h7-8,10H,5-6H2,1-4H3. The molecule has 0 radical (unpaired) electrons. The van der Waals surface area contributed by atoms with Crippen molar-refractivity contribution in [1.82, 2.24) is 4.31 Å². The predicted octanol–water partition coefficient (Wildman–Crippen LogP) is -0.336. The van der Waals surface area contributed by atoms with Gasteiger partial charge in [-0.05, 0) is 13.8 Å². The second-order valence-electron chi connectivity index (χ2n) is 3.53. The number of sulfonamides is 1. The molecule has 1 N–H and O–H groups in total. The molecule has 14 heavy (non-hydrogen) atoms. The maximum atomic E-state index is 11.1. The summed E-state index contributed by atoms with van der Waals surface area (Å²) in [5.41, 5.74) is 0. The Hall–Kier alpha value is -0.170. The molecule has 0 aromatic rings. The lowest BCUT2D eigenvalue weighted by atomic mass is 10.3. The SMILES string of the molecule is CC(C)OC(CO)CN(C)S(C)(=O)=O. The van der Waals surface area contributed by atoms with E-state index in [4.69, 9.17) is 9.84 Å². The summed E-state index contributed by atoms with van der Waals surface area (Å²) >= 11 is 0. The van der Waals surface area contributed by atoms with Crippen molar-refractivity contribution in [2.45, 2.75) is 26.1 Å². The van der Waals surface area contributed by atoms with Gasteiger partial charge in [-0.25, -0.2) is 12.7 Å². The lowest BCUT2D eigenvalue weighted by Gasteiger charge is -2.22. The van der Waals surface area contributed by atoms with Crippen molar-refractivity contribution in [1.29, 1.82) is 0 Å². The fourth-order valence-corrected chi connectivity index (χ4v) is 1.39. The zero-order chi connectivity index (χ0) is 11.4. The van der Waals surface area contributed by atoms with Gasteiger partial charge in [-0.15, -0.1) is 0 Å². The largest absolute Gasteiger partial charge is 0.394 e. The molecule has 0 spiro atoms. The molecule has 0 aliphatic rings. The molecule has 6 heteroatoms. The van der Waals surface area contributed by atoms with Crippen LogP contribution in [0.15, 0.2) is 0 Å². The topological polar surface area (TPSA) is 66.8 Å². The Labute approximate surface area is 85.7 Å². The number of ether oxygens (including phenoxy) is 1. The van der Waals surface area contributed by atoms with Crippen LogP contribution in [0.4, 0.5) is 0 Å². The van der Waals surface area contributed by atoms with Crippen LogP contribution in [0.1, 0.15) is 13.8 Å². The maximum Gasteiger partial charge on any atom is 0.211 e. The predicted molar refractivity (Wildman–Crippen MR) is 54.6 cm³/mol. The highest BCUT2D eigenvalue weighted by atomic mass is 32.2. The smallest absolute Gasteiger partial charge is 0.211 e. The number of nitrogens with zero attached hydrogens (tertiary/aromatic N) is 1. The first-order valence-corrected chi connectivity index (χ1v) is 6.29. The molecule has 0 aliphatic carbocycles. The Morgan fingerprint density at radius 3 is 2.21 bits per heavy atom. The molecule has 0 saturated carbocycles. The zero-order valence-electron chi connectivity index (χ0n) is 9.10. The average Bonchev–Trinajstić information content (AvgIpc) is 2.00. The average molecular weight is 225 g/mol. The van der Waals surface area contributed by atoms with Crippen molar-refractivity contribution in [2.24, 2.45) is 0 Å². The summed E-state index contributed by atoms with van der Waals surface area (Å²) in [5.74, 6) is 0. The van der Waals surface area contributed by atoms with Gasteiger partial charge in [0.15, 0.2) is 0 Å². The summed E-state index contributed by atoms with van der Waals surface area (Å²) in [4.78, 5) is 0. The molecule has 86 valence electrons. The third-order valence-electron chi connectivity index (χ3n) is 1.70. The summed E-state index contributed by atoms with van der Waals surface area (Å²) in [6.45, 7) is 3.66. The number of aliphatic hydroxyl groups is 1. The van der Waals surface area contributed by atoms with Crippen LogP contribution >= 0.6 is 0 Å². The molecule has 1 atom stereocenters. The number of rotatable bonds is 6. The number of hydrogen-bond donors (Lipinski definition) is 1. The molecule has 0 aromatic heterocycles. The van der Waals surface area contributed by atoms with Crippen molar-refractivity contribution >= 4 is 10.0 Å². The van der Waals surface area contributed by atoms with Crippen LogP contribution in [0.3, 0.4) is 0 Å². The van der Waals surface area contributed by atoms with Gasteiger partial charge in [0.05, 0.1) is 25.1 Å². The Morgan fingerprint density at radius 1 is 1.43 bits per heavy atom. The zero-order valence-corrected chi connectivity index (χ0v) is 9.91. The number of aliphatic hydroxyl groups excluding tert-OH is 1. The van der Waals surface area contributed by atoms with E-state index in [0.717, 1.165) is 10.6 Å². The van der Waals surface area contributed by atoms with Crippen LogP contribution in [0, 0.1) is 0 Å². The normalized spacial score (nSPS) is 15.1. The molecular formula is C8H19NO4S. The highest BCUT2D eigenvalue weighted by Gasteiger charge is 2.18. The summed E-state index contributed by atoms with van der Waals surface area (Å²) in [5, 5.41) is 8.94. The van der Waals surface area contributed by atoms with Crippen molar-refractivity contribution in [2.75, 3.05) is 26.5 Å². The van der Waals surface area contributed by atoms with Gasteiger partial charge in [0.1, 0.15) is 0 Å². The fourth-order valence-electron chi connectivity index (χ4n) is 0.951. The van der Waals surface area contributed by atoms with Gasteiger partial charge in [0.2, 0.25) is 10.0 Å². The van der Waals surface area contributed by atoms with Crippen molar-refractivity contribution in [3.8, 4) is 0 Å². The first-order valence-electron chi connectivity index (χ1n) is 4.45. The van der Waals surface area contributed by atoms with Gasteiger partial charge < -0.3 is 9.84 Å². The highest BCUT2D eigenvalue weighted by molar-refractivity contribution is 7.88. The van der Waals surface area contributed by atoms with Crippen LogP contribution < -0.4 is 0 Å². The van der Waals surface area contributed by atoms with Gasteiger partial charge in [0.25, 0.3) is 0 Å². The Balaban J connectivity index is 4.19. The van der Waals surface area contributed by atoms with Crippen LogP contribution in [-0.4, -0.2) is 56.5 Å².